The molecule has 0 amide bonds. The molecule has 3 heteroatoms. The average molecular weight is 311 g/mol. The van der Waals surface area contributed by atoms with Crippen molar-refractivity contribution < 1.29 is 9.47 Å². The molecule has 122 valence electrons. The standard InChI is InChI=1S/C20H25NO2/c1-14-4-6-15(7-5-14)8-9-18-17-13-20(23-3)19(22-2)12-16(17)10-11-21-18/h4-7,12-13,18,21H,8-11H2,1-3H3. The maximum absolute atomic E-state index is 5.47. The van der Waals surface area contributed by atoms with Gasteiger partial charge >= 0.3 is 0 Å². The summed E-state index contributed by atoms with van der Waals surface area (Å²) in [5.41, 5.74) is 5.42. The zero-order chi connectivity index (χ0) is 16.2. The molecule has 0 spiro atoms. The van der Waals surface area contributed by atoms with E-state index in [0.717, 1.165) is 37.3 Å². The first-order chi connectivity index (χ1) is 11.2. The molecule has 2 aromatic carbocycles. The molecule has 0 aromatic heterocycles. The van der Waals surface area contributed by atoms with Gasteiger partial charge in [0.05, 0.1) is 14.2 Å². The third-order valence-corrected chi connectivity index (χ3v) is 4.65. The van der Waals surface area contributed by atoms with E-state index < -0.39 is 0 Å². The van der Waals surface area contributed by atoms with Crippen LogP contribution >= 0.6 is 0 Å². The summed E-state index contributed by atoms with van der Waals surface area (Å²) >= 11 is 0. The van der Waals surface area contributed by atoms with Gasteiger partial charge in [-0.25, -0.2) is 0 Å². The lowest BCUT2D eigenvalue weighted by molar-refractivity contribution is 0.351. The number of ether oxygens (including phenoxy) is 2. The van der Waals surface area contributed by atoms with Crippen LogP contribution in [-0.4, -0.2) is 20.8 Å². The fourth-order valence-electron chi connectivity index (χ4n) is 3.29. The van der Waals surface area contributed by atoms with Crippen molar-refractivity contribution in [2.75, 3.05) is 20.8 Å². The van der Waals surface area contributed by atoms with Crippen LogP contribution in [0.2, 0.25) is 0 Å². The second kappa shape index (κ2) is 7.05. The molecule has 0 bridgehead atoms. The quantitative estimate of drug-likeness (QED) is 0.910. The van der Waals surface area contributed by atoms with Gasteiger partial charge in [0.15, 0.2) is 11.5 Å². The third-order valence-electron chi connectivity index (χ3n) is 4.65. The summed E-state index contributed by atoms with van der Waals surface area (Å²) in [4.78, 5) is 0. The van der Waals surface area contributed by atoms with E-state index in [2.05, 4.69) is 48.6 Å². The van der Waals surface area contributed by atoms with E-state index in [0.29, 0.717) is 6.04 Å². The molecule has 1 N–H and O–H groups in total. The van der Waals surface area contributed by atoms with Gasteiger partial charge in [0.1, 0.15) is 0 Å². The highest BCUT2D eigenvalue weighted by Crippen LogP contribution is 2.36. The molecule has 2 aromatic rings. The second-order valence-electron chi connectivity index (χ2n) is 6.19. The van der Waals surface area contributed by atoms with E-state index in [1.54, 1.807) is 14.2 Å². The van der Waals surface area contributed by atoms with E-state index in [9.17, 15) is 0 Å². The predicted molar refractivity (Wildman–Crippen MR) is 93.5 cm³/mol. The van der Waals surface area contributed by atoms with E-state index in [1.807, 2.05) is 0 Å². The van der Waals surface area contributed by atoms with Gasteiger partial charge in [-0.05, 0) is 61.6 Å². The van der Waals surface area contributed by atoms with Crippen molar-refractivity contribution in [2.45, 2.75) is 32.2 Å². The Kier molecular flexibility index (Phi) is 4.87. The molecule has 0 aliphatic carbocycles. The minimum Gasteiger partial charge on any atom is -0.493 e. The van der Waals surface area contributed by atoms with Crippen LogP contribution in [-0.2, 0) is 12.8 Å². The minimum atomic E-state index is 0.375. The van der Waals surface area contributed by atoms with Crippen LogP contribution in [0, 0.1) is 6.92 Å². The fourth-order valence-corrected chi connectivity index (χ4v) is 3.29. The summed E-state index contributed by atoms with van der Waals surface area (Å²) in [6.45, 7) is 3.14. The van der Waals surface area contributed by atoms with Crippen LogP contribution in [0.5, 0.6) is 11.5 Å². The number of hydrogen-bond donors (Lipinski definition) is 1. The van der Waals surface area contributed by atoms with E-state index in [-0.39, 0.29) is 0 Å². The summed E-state index contributed by atoms with van der Waals surface area (Å²) in [6, 6.07) is 13.5. The van der Waals surface area contributed by atoms with Crippen LogP contribution in [0.15, 0.2) is 36.4 Å². The third kappa shape index (κ3) is 3.50. The zero-order valence-corrected chi connectivity index (χ0v) is 14.2. The highest BCUT2D eigenvalue weighted by atomic mass is 16.5. The molecule has 3 nitrogen and oxygen atoms in total. The van der Waals surface area contributed by atoms with E-state index >= 15 is 0 Å². The summed E-state index contributed by atoms with van der Waals surface area (Å²) in [5, 5.41) is 3.65. The van der Waals surface area contributed by atoms with Crippen molar-refractivity contribution in [3.63, 3.8) is 0 Å². The molecule has 1 atom stereocenters. The maximum atomic E-state index is 5.47. The Labute approximate surface area is 138 Å². The van der Waals surface area contributed by atoms with Crippen LogP contribution in [0.4, 0.5) is 0 Å². The van der Waals surface area contributed by atoms with Gasteiger partial charge in [0.25, 0.3) is 0 Å². The number of nitrogens with one attached hydrogen (secondary N) is 1. The van der Waals surface area contributed by atoms with Crippen LogP contribution in [0.3, 0.4) is 0 Å². The maximum Gasteiger partial charge on any atom is 0.161 e. The van der Waals surface area contributed by atoms with E-state index in [4.69, 9.17) is 9.47 Å². The monoisotopic (exact) mass is 311 g/mol. The van der Waals surface area contributed by atoms with Crippen molar-refractivity contribution in [1.29, 1.82) is 0 Å². The zero-order valence-electron chi connectivity index (χ0n) is 14.2. The molecule has 23 heavy (non-hydrogen) atoms. The van der Waals surface area contributed by atoms with Crippen molar-refractivity contribution in [1.82, 2.24) is 5.32 Å². The van der Waals surface area contributed by atoms with Gasteiger partial charge < -0.3 is 14.8 Å². The second-order valence-corrected chi connectivity index (χ2v) is 6.19. The highest BCUT2D eigenvalue weighted by Gasteiger charge is 2.22. The molecule has 1 aliphatic heterocycles. The molecular weight excluding hydrogens is 286 g/mol. The molecule has 1 aliphatic rings. The van der Waals surface area contributed by atoms with Gasteiger partial charge in [-0.3, -0.25) is 0 Å². The molecule has 0 saturated carbocycles. The lowest BCUT2D eigenvalue weighted by Crippen LogP contribution is -2.30. The molecule has 1 unspecified atom stereocenters. The molecule has 0 saturated heterocycles. The Morgan fingerprint density at radius 2 is 1.74 bits per heavy atom. The van der Waals surface area contributed by atoms with Gasteiger partial charge in [-0.15, -0.1) is 0 Å². The Hall–Kier alpha value is -2.00. The first-order valence-corrected chi connectivity index (χ1v) is 8.25. The lowest BCUT2D eigenvalue weighted by Gasteiger charge is -2.28. The van der Waals surface area contributed by atoms with E-state index in [1.165, 1.54) is 22.3 Å². The number of methoxy groups -OCH3 is 2. The average Bonchev–Trinajstić information content (AvgIpc) is 2.60. The largest absolute Gasteiger partial charge is 0.493 e. The van der Waals surface area contributed by atoms with Crippen molar-refractivity contribution in [2.24, 2.45) is 0 Å². The normalized spacial score (nSPS) is 16.7. The Morgan fingerprint density at radius 1 is 1.04 bits per heavy atom. The topological polar surface area (TPSA) is 30.5 Å². The first kappa shape index (κ1) is 15.9. The fraction of sp³-hybridized carbons (Fsp3) is 0.400. The lowest BCUT2D eigenvalue weighted by atomic mass is 9.90. The number of rotatable bonds is 5. The smallest absolute Gasteiger partial charge is 0.161 e. The Morgan fingerprint density at radius 3 is 2.43 bits per heavy atom. The molecule has 0 radical (unpaired) electrons. The Balaban J connectivity index is 1.79. The van der Waals surface area contributed by atoms with Gasteiger partial charge in [0, 0.05) is 6.04 Å². The Bertz CT molecular complexity index is 664. The summed E-state index contributed by atoms with van der Waals surface area (Å²) < 4.78 is 10.9. The SMILES string of the molecule is COc1cc2c(cc1OC)C(CCc1ccc(C)cc1)NCC2. The van der Waals surface area contributed by atoms with Crippen molar-refractivity contribution in [3.05, 3.63) is 58.7 Å². The number of benzene rings is 2. The van der Waals surface area contributed by atoms with Crippen LogP contribution in [0.1, 0.15) is 34.7 Å². The summed E-state index contributed by atoms with van der Waals surface area (Å²) in [7, 11) is 3.39. The number of fused-ring (bicyclic) bond motifs is 1. The number of hydrogen-bond acceptors (Lipinski definition) is 3. The number of aryl methyl sites for hydroxylation is 2. The predicted octanol–water partition coefficient (Wildman–Crippen LogP) is 3.83. The summed E-state index contributed by atoms with van der Waals surface area (Å²) in [6.07, 6.45) is 3.20. The first-order valence-electron chi connectivity index (χ1n) is 8.25. The van der Waals surface area contributed by atoms with Gasteiger partial charge in [-0.1, -0.05) is 29.8 Å². The molecule has 3 rings (SSSR count). The van der Waals surface area contributed by atoms with Crippen LogP contribution in [0.25, 0.3) is 0 Å². The highest BCUT2D eigenvalue weighted by molar-refractivity contribution is 5.49. The van der Waals surface area contributed by atoms with Gasteiger partial charge in [-0.2, -0.15) is 0 Å². The van der Waals surface area contributed by atoms with Crippen molar-refractivity contribution >= 4 is 0 Å². The molecular formula is C20H25NO2. The van der Waals surface area contributed by atoms with Gasteiger partial charge in [0.2, 0.25) is 0 Å². The molecule has 1 heterocycles. The van der Waals surface area contributed by atoms with Crippen LogP contribution < -0.4 is 14.8 Å². The minimum absolute atomic E-state index is 0.375. The molecule has 0 fully saturated rings. The van der Waals surface area contributed by atoms with Crippen molar-refractivity contribution in [3.8, 4) is 11.5 Å². The summed E-state index contributed by atoms with van der Waals surface area (Å²) in [5.74, 6) is 1.64.